The number of halogens is 6. The van der Waals surface area contributed by atoms with E-state index in [1.807, 2.05) is 0 Å². The minimum Gasteiger partial charge on any atom is -0.406 e. The van der Waals surface area contributed by atoms with E-state index in [0.717, 1.165) is 12.1 Å². The van der Waals surface area contributed by atoms with Gasteiger partial charge in [-0.2, -0.15) is 0 Å². The molecule has 0 amide bonds. The van der Waals surface area contributed by atoms with Gasteiger partial charge in [0.25, 0.3) is 0 Å². The molecule has 2 aromatic carbocycles. The van der Waals surface area contributed by atoms with Crippen LogP contribution in [0.3, 0.4) is 0 Å². The first-order chi connectivity index (χ1) is 10.2. The van der Waals surface area contributed by atoms with Gasteiger partial charge in [-0.05, 0) is 36.2 Å². The van der Waals surface area contributed by atoms with E-state index in [9.17, 15) is 17.6 Å². The Balaban J connectivity index is 0.00000264. The van der Waals surface area contributed by atoms with Gasteiger partial charge in [0, 0.05) is 5.56 Å². The highest BCUT2D eigenvalue weighted by Gasteiger charge is 2.31. The molecule has 126 valence electrons. The zero-order valence-corrected chi connectivity index (χ0v) is 13.4. The first-order valence-electron chi connectivity index (χ1n) is 6.25. The lowest BCUT2D eigenvalue weighted by Crippen LogP contribution is -2.17. The fraction of sp³-hybridized carbons (Fsp3) is 0.200. The van der Waals surface area contributed by atoms with Crippen LogP contribution in [-0.4, -0.2) is 6.36 Å². The minimum atomic E-state index is -4.77. The van der Waals surface area contributed by atoms with E-state index in [1.165, 1.54) is 24.3 Å². The molecule has 0 unspecified atom stereocenters. The highest BCUT2D eigenvalue weighted by Crippen LogP contribution is 2.32. The second-order valence-corrected chi connectivity index (χ2v) is 5.06. The molecule has 2 rings (SSSR count). The van der Waals surface area contributed by atoms with E-state index in [4.69, 9.17) is 17.3 Å². The first kappa shape index (κ1) is 19.5. The molecule has 2 N–H and O–H groups in total. The summed E-state index contributed by atoms with van der Waals surface area (Å²) in [5, 5.41) is 0.197. The van der Waals surface area contributed by atoms with Gasteiger partial charge in [0.15, 0.2) is 0 Å². The summed E-state index contributed by atoms with van der Waals surface area (Å²) >= 11 is 6.07. The number of hydrogen-bond donors (Lipinski definition) is 1. The molecule has 0 saturated heterocycles. The summed E-state index contributed by atoms with van der Waals surface area (Å²) in [6, 6.07) is 6.78. The average molecular weight is 370 g/mol. The SMILES string of the molecule is Cc1ccc(F)c([C@@H](N)c2ccc(OC(F)(F)F)cc2)c1Cl.Cl. The van der Waals surface area contributed by atoms with E-state index in [-0.39, 0.29) is 28.7 Å². The van der Waals surface area contributed by atoms with Gasteiger partial charge in [0.1, 0.15) is 11.6 Å². The quantitative estimate of drug-likeness (QED) is 0.758. The van der Waals surface area contributed by atoms with E-state index in [2.05, 4.69) is 4.74 Å². The van der Waals surface area contributed by atoms with Crippen molar-refractivity contribution < 1.29 is 22.3 Å². The Hall–Kier alpha value is -1.50. The molecule has 23 heavy (non-hydrogen) atoms. The fourth-order valence-electron chi connectivity index (χ4n) is 2.01. The summed E-state index contributed by atoms with van der Waals surface area (Å²) < 4.78 is 54.0. The molecule has 0 fully saturated rings. The highest BCUT2D eigenvalue weighted by molar-refractivity contribution is 6.32. The maximum atomic E-state index is 13.9. The zero-order valence-electron chi connectivity index (χ0n) is 11.8. The summed E-state index contributed by atoms with van der Waals surface area (Å²) in [5.74, 6) is -0.946. The molecule has 0 aliphatic heterocycles. The predicted molar refractivity (Wildman–Crippen MR) is 82.6 cm³/mol. The average Bonchev–Trinajstić information content (AvgIpc) is 2.42. The number of benzene rings is 2. The van der Waals surface area contributed by atoms with Crippen LogP contribution >= 0.6 is 24.0 Å². The molecule has 0 spiro atoms. The normalized spacial score (nSPS) is 12.5. The van der Waals surface area contributed by atoms with Crippen LogP contribution in [0.25, 0.3) is 0 Å². The summed E-state index contributed by atoms with van der Waals surface area (Å²) in [6.45, 7) is 1.71. The van der Waals surface area contributed by atoms with Gasteiger partial charge in [0.05, 0.1) is 11.1 Å². The lowest BCUT2D eigenvalue weighted by Gasteiger charge is -2.17. The maximum absolute atomic E-state index is 13.9. The largest absolute Gasteiger partial charge is 0.573 e. The lowest BCUT2D eigenvalue weighted by atomic mass is 9.97. The van der Waals surface area contributed by atoms with Crippen LogP contribution in [0.15, 0.2) is 36.4 Å². The van der Waals surface area contributed by atoms with Crippen molar-refractivity contribution in [3.8, 4) is 5.75 Å². The van der Waals surface area contributed by atoms with Crippen molar-refractivity contribution in [3.63, 3.8) is 0 Å². The van der Waals surface area contributed by atoms with Gasteiger partial charge in [-0.15, -0.1) is 25.6 Å². The molecule has 0 aromatic heterocycles. The van der Waals surface area contributed by atoms with E-state index >= 15 is 0 Å². The fourth-order valence-corrected chi connectivity index (χ4v) is 2.28. The molecule has 0 heterocycles. The van der Waals surface area contributed by atoms with Crippen LogP contribution < -0.4 is 10.5 Å². The van der Waals surface area contributed by atoms with Crippen molar-refractivity contribution in [1.82, 2.24) is 0 Å². The lowest BCUT2D eigenvalue weighted by molar-refractivity contribution is -0.274. The molecular weight excluding hydrogens is 357 g/mol. The standard InChI is InChI=1S/C15H12ClF4NO.ClH/c1-8-2-7-11(17)12(13(8)16)14(21)9-3-5-10(6-4-9)22-15(18,19)20;/h2-7,14H,21H2,1H3;1H/t14-;/m0./s1. The third-order valence-electron chi connectivity index (χ3n) is 3.10. The molecule has 0 aliphatic carbocycles. The molecular formula is C15H13Cl2F4NO. The van der Waals surface area contributed by atoms with Gasteiger partial charge in [0.2, 0.25) is 0 Å². The van der Waals surface area contributed by atoms with Crippen LogP contribution in [0.4, 0.5) is 17.6 Å². The number of ether oxygens (including phenoxy) is 1. The van der Waals surface area contributed by atoms with Crippen LogP contribution in [0.1, 0.15) is 22.7 Å². The van der Waals surface area contributed by atoms with E-state index in [1.54, 1.807) is 6.92 Å². The molecule has 0 aliphatic rings. The molecule has 0 radical (unpaired) electrons. The predicted octanol–water partition coefficient (Wildman–Crippen LogP) is 5.16. The number of hydrogen-bond acceptors (Lipinski definition) is 2. The molecule has 0 saturated carbocycles. The Morgan fingerprint density at radius 2 is 1.65 bits per heavy atom. The monoisotopic (exact) mass is 369 g/mol. The molecule has 8 heteroatoms. The van der Waals surface area contributed by atoms with Crippen molar-refractivity contribution >= 4 is 24.0 Å². The van der Waals surface area contributed by atoms with Gasteiger partial charge in [-0.25, -0.2) is 4.39 Å². The van der Waals surface area contributed by atoms with E-state index in [0.29, 0.717) is 11.1 Å². The maximum Gasteiger partial charge on any atom is 0.573 e. The molecule has 0 bridgehead atoms. The van der Waals surface area contributed by atoms with Gasteiger partial charge in [-0.3, -0.25) is 0 Å². The van der Waals surface area contributed by atoms with E-state index < -0.39 is 18.2 Å². The first-order valence-corrected chi connectivity index (χ1v) is 6.62. The van der Waals surface area contributed by atoms with Crippen LogP contribution in [0.5, 0.6) is 5.75 Å². The second-order valence-electron chi connectivity index (χ2n) is 4.69. The van der Waals surface area contributed by atoms with Crippen LogP contribution in [-0.2, 0) is 0 Å². The number of alkyl halides is 3. The molecule has 2 nitrogen and oxygen atoms in total. The smallest absolute Gasteiger partial charge is 0.406 e. The third-order valence-corrected chi connectivity index (χ3v) is 3.61. The highest BCUT2D eigenvalue weighted by atomic mass is 35.5. The minimum absolute atomic E-state index is 0. The Kier molecular flexibility index (Phi) is 6.27. The molecule has 1 atom stereocenters. The van der Waals surface area contributed by atoms with Crippen LogP contribution in [0, 0.1) is 12.7 Å². The Bertz CT molecular complexity index is 674. The van der Waals surface area contributed by atoms with Gasteiger partial charge < -0.3 is 10.5 Å². The summed E-state index contributed by atoms with van der Waals surface area (Å²) in [6.07, 6.45) is -4.77. The van der Waals surface area contributed by atoms with Gasteiger partial charge in [-0.1, -0.05) is 29.8 Å². The summed E-state index contributed by atoms with van der Waals surface area (Å²) in [4.78, 5) is 0. The number of nitrogens with two attached hydrogens (primary N) is 1. The number of aryl methyl sites for hydroxylation is 1. The second kappa shape index (κ2) is 7.38. The van der Waals surface area contributed by atoms with Gasteiger partial charge >= 0.3 is 6.36 Å². The van der Waals surface area contributed by atoms with Crippen LogP contribution in [0.2, 0.25) is 5.02 Å². The number of rotatable bonds is 3. The van der Waals surface area contributed by atoms with Crippen molar-refractivity contribution in [2.75, 3.05) is 0 Å². The summed E-state index contributed by atoms with van der Waals surface area (Å²) in [5.41, 5.74) is 7.16. The Morgan fingerprint density at radius 1 is 1.09 bits per heavy atom. The van der Waals surface area contributed by atoms with Crippen molar-refractivity contribution in [3.05, 3.63) is 63.9 Å². The topological polar surface area (TPSA) is 35.2 Å². The Morgan fingerprint density at radius 3 is 2.17 bits per heavy atom. The van der Waals surface area contributed by atoms with Crippen molar-refractivity contribution in [1.29, 1.82) is 0 Å². The summed E-state index contributed by atoms with van der Waals surface area (Å²) in [7, 11) is 0. The van der Waals surface area contributed by atoms with Crippen molar-refractivity contribution in [2.24, 2.45) is 5.73 Å². The Labute approximate surface area is 141 Å². The van der Waals surface area contributed by atoms with Crippen molar-refractivity contribution in [2.45, 2.75) is 19.3 Å². The zero-order chi connectivity index (χ0) is 16.5. The third kappa shape index (κ3) is 4.73. The molecule has 2 aromatic rings.